The lowest BCUT2D eigenvalue weighted by Gasteiger charge is -2.24. The summed E-state index contributed by atoms with van der Waals surface area (Å²) in [5, 5.41) is 27.4. The molecular weight excluding hydrogens is 524 g/mol. The summed E-state index contributed by atoms with van der Waals surface area (Å²) in [5.74, 6) is 0.501. The summed E-state index contributed by atoms with van der Waals surface area (Å²) in [5.41, 5.74) is 10.8. The molecule has 0 bridgehead atoms. The highest BCUT2D eigenvalue weighted by Gasteiger charge is 2.36. The van der Waals surface area contributed by atoms with E-state index in [0.29, 0.717) is 20.7 Å². The van der Waals surface area contributed by atoms with Crippen LogP contribution in [0.1, 0.15) is 36.5 Å². The van der Waals surface area contributed by atoms with Crippen molar-refractivity contribution in [1.82, 2.24) is 10.2 Å². The van der Waals surface area contributed by atoms with Crippen LogP contribution in [0.2, 0.25) is 0 Å². The molecule has 0 amide bonds. The topological polar surface area (TPSA) is 108 Å². The van der Waals surface area contributed by atoms with E-state index in [1.807, 2.05) is 12.1 Å². The van der Waals surface area contributed by atoms with Crippen molar-refractivity contribution in [3.8, 4) is 29.0 Å². The molecule has 158 valence electrons. The summed E-state index contributed by atoms with van der Waals surface area (Å²) in [6, 6.07) is 14.0. The van der Waals surface area contributed by atoms with Gasteiger partial charge < -0.3 is 15.6 Å². The quantitative estimate of drug-likeness (QED) is 0.389. The molecule has 0 saturated carbocycles. The van der Waals surface area contributed by atoms with Gasteiger partial charge in [-0.1, -0.05) is 38.1 Å². The summed E-state index contributed by atoms with van der Waals surface area (Å²) in [6.07, 6.45) is 1.00. The number of nitrogens with two attached hydrogens (primary N) is 1. The average Bonchev–Trinajstić information content (AvgIpc) is 3.14. The molecule has 1 aromatic heterocycles. The number of hydrogen-bond donors (Lipinski definition) is 3. The number of H-pyrrole nitrogens is 1. The van der Waals surface area contributed by atoms with Crippen molar-refractivity contribution >= 4 is 31.9 Å². The smallest absolute Gasteiger partial charge is 0.244 e. The van der Waals surface area contributed by atoms with Crippen LogP contribution in [-0.2, 0) is 6.42 Å². The Hall–Kier alpha value is -2.76. The number of fused-ring (bicyclic) bond motifs is 1. The summed E-state index contributed by atoms with van der Waals surface area (Å²) < 4.78 is 6.68. The first-order chi connectivity index (χ1) is 14.8. The highest BCUT2D eigenvalue weighted by Crippen LogP contribution is 2.47. The Kier molecular flexibility index (Phi) is 5.82. The molecular formula is C23H20Br2N4O2. The molecule has 6 nitrogen and oxygen atoms in total. The van der Waals surface area contributed by atoms with E-state index in [0.717, 1.165) is 28.8 Å². The Morgan fingerprint density at radius 3 is 2.45 bits per heavy atom. The van der Waals surface area contributed by atoms with Crippen LogP contribution in [0.3, 0.4) is 0 Å². The molecule has 4 N–H and O–H groups in total. The van der Waals surface area contributed by atoms with E-state index < -0.39 is 5.92 Å². The standard InChI is InChI=1S/C23H20Br2N4O2/c1-11(2)7-12-3-5-13(6-4-12)20-19-18(14-8-16(24)21(30)17(25)9-14)15(10-26)22(27)31-23(19)29-28-20/h3-6,8-9,11,18,30H,7,27H2,1-2H3,(H,28,29)/t18-/m1/s1. The van der Waals surface area contributed by atoms with Gasteiger partial charge in [0.2, 0.25) is 11.8 Å². The molecule has 1 aliphatic heterocycles. The van der Waals surface area contributed by atoms with Gasteiger partial charge >= 0.3 is 0 Å². The summed E-state index contributed by atoms with van der Waals surface area (Å²) in [4.78, 5) is 0. The van der Waals surface area contributed by atoms with Crippen molar-refractivity contribution in [1.29, 1.82) is 5.26 Å². The van der Waals surface area contributed by atoms with Gasteiger partial charge in [-0.05, 0) is 67.5 Å². The molecule has 0 radical (unpaired) electrons. The van der Waals surface area contributed by atoms with Crippen LogP contribution in [0.15, 0.2) is 56.8 Å². The zero-order chi connectivity index (χ0) is 22.3. The highest BCUT2D eigenvalue weighted by molar-refractivity contribution is 9.11. The number of aromatic nitrogens is 2. The van der Waals surface area contributed by atoms with Crippen LogP contribution in [0.25, 0.3) is 11.3 Å². The van der Waals surface area contributed by atoms with Crippen molar-refractivity contribution in [3.05, 3.63) is 73.5 Å². The Balaban J connectivity index is 1.87. The first-order valence-electron chi connectivity index (χ1n) is 9.73. The molecule has 0 aliphatic carbocycles. The second-order valence-corrected chi connectivity index (χ2v) is 9.58. The first-order valence-corrected chi connectivity index (χ1v) is 11.3. The second kappa shape index (κ2) is 8.40. The van der Waals surface area contributed by atoms with E-state index in [2.05, 4.69) is 74.1 Å². The number of benzene rings is 2. The van der Waals surface area contributed by atoms with Crippen molar-refractivity contribution in [2.75, 3.05) is 0 Å². The van der Waals surface area contributed by atoms with Crippen LogP contribution < -0.4 is 10.5 Å². The minimum Gasteiger partial charge on any atom is -0.506 e. The number of phenols is 1. The number of aromatic amines is 1. The molecule has 2 heterocycles. The average molecular weight is 544 g/mol. The molecule has 1 atom stereocenters. The number of halogens is 2. The summed E-state index contributed by atoms with van der Waals surface area (Å²) in [6.45, 7) is 4.38. The zero-order valence-corrected chi connectivity index (χ0v) is 20.1. The molecule has 3 aromatic rings. The minimum absolute atomic E-state index is 0.0191. The first kappa shape index (κ1) is 21.5. The van der Waals surface area contributed by atoms with Gasteiger partial charge in [-0.3, -0.25) is 5.10 Å². The molecule has 0 saturated heterocycles. The van der Waals surface area contributed by atoms with E-state index in [9.17, 15) is 10.4 Å². The number of nitrogens with one attached hydrogen (secondary N) is 1. The van der Waals surface area contributed by atoms with E-state index >= 15 is 0 Å². The normalized spacial score (nSPS) is 15.5. The predicted octanol–water partition coefficient (Wildman–Crippen LogP) is 5.72. The number of allylic oxidation sites excluding steroid dienone is 1. The molecule has 4 rings (SSSR count). The second-order valence-electron chi connectivity index (χ2n) is 7.87. The van der Waals surface area contributed by atoms with Crippen LogP contribution in [0, 0.1) is 17.2 Å². The van der Waals surface area contributed by atoms with Crippen LogP contribution in [-0.4, -0.2) is 15.3 Å². The van der Waals surface area contributed by atoms with Gasteiger partial charge in [-0.25, -0.2) is 0 Å². The van der Waals surface area contributed by atoms with Gasteiger partial charge in [0.05, 0.1) is 26.1 Å². The number of nitriles is 1. The Bertz CT molecular complexity index is 1200. The molecule has 0 unspecified atom stereocenters. The number of aromatic hydroxyl groups is 1. The van der Waals surface area contributed by atoms with E-state index in [-0.39, 0.29) is 17.2 Å². The summed E-state index contributed by atoms with van der Waals surface area (Å²) in [7, 11) is 0. The molecule has 31 heavy (non-hydrogen) atoms. The van der Waals surface area contributed by atoms with Gasteiger partial charge in [-0.2, -0.15) is 5.26 Å². The van der Waals surface area contributed by atoms with Gasteiger partial charge in [-0.15, -0.1) is 5.10 Å². The van der Waals surface area contributed by atoms with Gasteiger partial charge in [0.1, 0.15) is 17.4 Å². The Morgan fingerprint density at radius 2 is 1.87 bits per heavy atom. The lowest BCUT2D eigenvalue weighted by atomic mass is 9.83. The Morgan fingerprint density at radius 1 is 1.23 bits per heavy atom. The SMILES string of the molecule is CC(C)Cc1ccc(-c2[nH]nc3c2[C@H](c2cc(Br)c(O)c(Br)c2)C(C#N)=C(N)O3)cc1. The van der Waals surface area contributed by atoms with Gasteiger partial charge in [0, 0.05) is 5.56 Å². The largest absolute Gasteiger partial charge is 0.506 e. The fraction of sp³-hybridized carbons (Fsp3) is 0.217. The lowest BCUT2D eigenvalue weighted by molar-refractivity contribution is 0.379. The third kappa shape index (κ3) is 3.95. The number of rotatable bonds is 4. The zero-order valence-electron chi connectivity index (χ0n) is 16.9. The number of phenolic OH excluding ortho intramolecular Hbond substituents is 1. The highest BCUT2D eigenvalue weighted by atomic mass is 79.9. The van der Waals surface area contributed by atoms with Crippen LogP contribution in [0.5, 0.6) is 11.6 Å². The van der Waals surface area contributed by atoms with Crippen LogP contribution >= 0.6 is 31.9 Å². The molecule has 8 heteroatoms. The third-order valence-electron chi connectivity index (χ3n) is 5.20. The molecule has 2 aromatic carbocycles. The van der Waals surface area contributed by atoms with Crippen LogP contribution in [0.4, 0.5) is 0 Å². The predicted molar refractivity (Wildman–Crippen MR) is 125 cm³/mol. The van der Waals surface area contributed by atoms with Gasteiger partial charge in [0.25, 0.3) is 0 Å². The van der Waals surface area contributed by atoms with Crippen molar-refractivity contribution in [2.24, 2.45) is 11.7 Å². The molecule has 0 spiro atoms. The van der Waals surface area contributed by atoms with E-state index in [1.54, 1.807) is 12.1 Å². The van der Waals surface area contributed by atoms with Crippen molar-refractivity contribution in [2.45, 2.75) is 26.2 Å². The van der Waals surface area contributed by atoms with E-state index in [1.165, 1.54) is 5.56 Å². The maximum atomic E-state index is 10.1. The third-order valence-corrected chi connectivity index (χ3v) is 6.41. The van der Waals surface area contributed by atoms with Gasteiger partial charge in [0.15, 0.2) is 0 Å². The fourth-order valence-electron chi connectivity index (χ4n) is 3.83. The lowest BCUT2D eigenvalue weighted by Crippen LogP contribution is -2.21. The minimum atomic E-state index is -0.508. The maximum Gasteiger partial charge on any atom is 0.244 e. The monoisotopic (exact) mass is 542 g/mol. The molecule has 1 aliphatic rings. The fourth-order valence-corrected chi connectivity index (χ4v) is 5.05. The van der Waals surface area contributed by atoms with E-state index in [4.69, 9.17) is 10.5 Å². The molecule has 0 fully saturated rings. The number of nitrogens with zero attached hydrogens (tertiary/aromatic N) is 2. The Labute approximate surface area is 197 Å². The van der Waals surface area contributed by atoms with Crippen molar-refractivity contribution < 1.29 is 9.84 Å². The number of hydrogen-bond acceptors (Lipinski definition) is 5. The maximum absolute atomic E-state index is 10.1. The number of ether oxygens (including phenoxy) is 1. The van der Waals surface area contributed by atoms with Crippen molar-refractivity contribution in [3.63, 3.8) is 0 Å². The summed E-state index contributed by atoms with van der Waals surface area (Å²) >= 11 is 6.75.